The van der Waals surface area contributed by atoms with Crippen molar-refractivity contribution < 1.29 is 19.5 Å². The molecule has 5 atom stereocenters. The summed E-state index contributed by atoms with van der Waals surface area (Å²) in [6.45, 7) is 9.99. The summed E-state index contributed by atoms with van der Waals surface area (Å²) in [5.41, 5.74) is 2.04. The van der Waals surface area contributed by atoms with E-state index in [0.717, 1.165) is 30.4 Å². The highest BCUT2D eigenvalue weighted by Gasteiger charge is 2.74. The summed E-state index contributed by atoms with van der Waals surface area (Å²) in [6.07, 6.45) is 7.13. The van der Waals surface area contributed by atoms with E-state index < -0.39 is 22.6 Å². The molecule has 7 nitrogen and oxygen atoms in total. The standard InChI is InChI=1S/C35H43N3O4S/c1-3-20-36(24-26-14-8-5-9-15-26)32(40)29-28-18-19-35(43-28)30(29)33(41)38(22-12-7-13-23-39)31(35)34(42)37(21-4-2)25-27-16-10-6-11-17-27/h3-6,8-11,14-17,28-31,39H,1-2,7,12-13,18-25H2/t28-,29+,30-,31?,35?/m0/s1. The van der Waals surface area contributed by atoms with Crippen molar-refractivity contribution in [3.63, 3.8) is 0 Å². The Hall–Kier alpha value is -3.36. The molecule has 0 aliphatic carbocycles. The van der Waals surface area contributed by atoms with Gasteiger partial charge in [-0.25, -0.2) is 0 Å². The average Bonchev–Trinajstić information content (AvgIpc) is 3.66. The molecule has 0 aromatic heterocycles. The number of rotatable bonds is 15. The average molecular weight is 602 g/mol. The van der Waals surface area contributed by atoms with Gasteiger partial charge < -0.3 is 19.8 Å². The van der Waals surface area contributed by atoms with Gasteiger partial charge in [0.15, 0.2) is 0 Å². The van der Waals surface area contributed by atoms with Gasteiger partial charge in [-0.15, -0.1) is 24.9 Å². The van der Waals surface area contributed by atoms with Crippen molar-refractivity contribution in [3.05, 3.63) is 97.1 Å². The fourth-order valence-corrected chi connectivity index (χ4v) is 9.50. The molecule has 1 N–H and O–H groups in total. The largest absolute Gasteiger partial charge is 0.396 e. The second-order valence-corrected chi connectivity index (χ2v) is 13.5. The predicted molar refractivity (Wildman–Crippen MR) is 171 cm³/mol. The first-order valence-corrected chi connectivity index (χ1v) is 16.3. The normalized spacial score (nSPS) is 25.4. The second kappa shape index (κ2) is 14.0. The maximum absolute atomic E-state index is 14.6. The monoisotopic (exact) mass is 601 g/mol. The number of nitrogens with zero attached hydrogens (tertiary/aromatic N) is 3. The van der Waals surface area contributed by atoms with Gasteiger partial charge in [0, 0.05) is 44.6 Å². The molecular formula is C35H43N3O4S. The summed E-state index contributed by atoms with van der Waals surface area (Å²) in [5, 5.41) is 9.33. The third-order valence-corrected chi connectivity index (χ3v) is 11.1. The van der Waals surface area contributed by atoms with Gasteiger partial charge in [0.2, 0.25) is 17.7 Å². The maximum Gasteiger partial charge on any atom is 0.247 e. The summed E-state index contributed by atoms with van der Waals surface area (Å²) in [4.78, 5) is 48.8. The summed E-state index contributed by atoms with van der Waals surface area (Å²) in [6, 6.07) is 19.1. The lowest BCUT2D eigenvalue weighted by Crippen LogP contribution is -2.54. The highest BCUT2D eigenvalue weighted by molar-refractivity contribution is 8.02. The molecule has 2 unspecified atom stereocenters. The Labute approximate surface area is 259 Å². The molecule has 3 heterocycles. The third-order valence-electron chi connectivity index (χ3n) is 9.13. The summed E-state index contributed by atoms with van der Waals surface area (Å²) >= 11 is 1.71. The molecule has 2 aromatic rings. The van der Waals surface area contributed by atoms with Gasteiger partial charge in [-0.3, -0.25) is 14.4 Å². The highest BCUT2D eigenvalue weighted by atomic mass is 32.2. The summed E-state index contributed by atoms with van der Waals surface area (Å²) in [5.74, 6) is -1.19. The number of hydrogen-bond donors (Lipinski definition) is 1. The number of fused-ring (bicyclic) bond motifs is 1. The van der Waals surface area contributed by atoms with E-state index in [0.29, 0.717) is 45.6 Å². The Morgan fingerprint density at radius 2 is 1.49 bits per heavy atom. The van der Waals surface area contributed by atoms with Crippen LogP contribution in [0.4, 0.5) is 0 Å². The zero-order valence-electron chi connectivity index (χ0n) is 24.9. The van der Waals surface area contributed by atoms with Gasteiger partial charge in [-0.1, -0.05) is 72.8 Å². The molecule has 2 bridgehead atoms. The van der Waals surface area contributed by atoms with Crippen LogP contribution in [0.1, 0.15) is 43.2 Å². The molecular weight excluding hydrogens is 558 g/mol. The van der Waals surface area contributed by atoms with E-state index in [2.05, 4.69) is 13.2 Å². The van der Waals surface area contributed by atoms with E-state index in [4.69, 9.17) is 0 Å². The van der Waals surface area contributed by atoms with E-state index in [9.17, 15) is 19.5 Å². The van der Waals surface area contributed by atoms with Crippen molar-refractivity contribution >= 4 is 29.5 Å². The Bertz CT molecular complexity index is 1300. The number of unbranched alkanes of at least 4 members (excludes halogenated alkanes) is 2. The molecule has 3 amide bonds. The number of thioether (sulfide) groups is 1. The number of aliphatic hydroxyl groups is 1. The fraction of sp³-hybridized carbons (Fsp3) is 0.457. The van der Waals surface area contributed by atoms with Crippen LogP contribution in [-0.2, 0) is 27.5 Å². The Kier molecular flexibility index (Phi) is 10.1. The van der Waals surface area contributed by atoms with Gasteiger partial charge in [-0.2, -0.15) is 0 Å². The lowest BCUT2D eigenvalue weighted by Gasteiger charge is -2.37. The van der Waals surface area contributed by atoms with Crippen molar-refractivity contribution in [1.82, 2.24) is 14.7 Å². The van der Waals surface area contributed by atoms with Crippen molar-refractivity contribution in [3.8, 4) is 0 Å². The van der Waals surface area contributed by atoms with Crippen LogP contribution in [0.15, 0.2) is 86.0 Å². The zero-order chi connectivity index (χ0) is 30.4. The summed E-state index contributed by atoms with van der Waals surface area (Å²) in [7, 11) is 0. The lowest BCUT2D eigenvalue weighted by molar-refractivity contribution is -0.145. The van der Waals surface area contributed by atoms with Crippen LogP contribution in [0, 0.1) is 11.8 Å². The van der Waals surface area contributed by atoms with Crippen LogP contribution in [0.25, 0.3) is 0 Å². The third kappa shape index (κ3) is 6.18. The Morgan fingerprint density at radius 1 is 0.907 bits per heavy atom. The van der Waals surface area contributed by atoms with Crippen molar-refractivity contribution in [2.45, 2.75) is 61.2 Å². The molecule has 1 spiro atoms. The minimum absolute atomic E-state index is 0.00152. The molecule has 3 fully saturated rings. The van der Waals surface area contributed by atoms with Crippen molar-refractivity contribution in [2.75, 3.05) is 26.2 Å². The zero-order valence-corrected chi connectivity index (χ0v) is 25.7. The number of carbonyl (C=O) groups is 3. The van der Waals surface area contributed by atoms with Gasteiger partial charge in [-0.05, 0) is 43.2 Å². The van der Waals surface area contributed by atoms with E-state index in [1.807, 2.05) is 65.6 Å². The van der Waals surface area contributed by atoms with Gasteiger partial charge in [0.25, 0.3) is 0 Å². The molecule has 0 radical (unpaired) electrons. The van der Waals surface area contributed by atoms with Gasteiger partial charge in [0.1, 0.15) is 6.04 Å². The Balaban J connectivity index is 1.47. The molecule has 228 valence electrons. The number of hydrogen-bond acceptors (Lipinski definition) is 5. The minimum Gasteiger partial charge on any atom is -0.396 e. The quantitative estimate of drug-likeness (QED) is 0.237. The van der Waals surface area contributed by atoms with E-state index >= 15 is 0 Å². The molecule has 3 saturated heterocycles. The first kappa shape index (κ1) is 31.1. The van der Waals surface area contributed by atoms with Crippen LogP contribution >= 0.6 is 11.8 Å². The van der Waals surface area contributed by atoms with Gasteiger partial charge >= 0.3 is 0 Å². The maximum atomic E-state index is 14.6. The fourth-order valence-electron chi connectivity index (χ4n) is 7.29. The lowest BCUT2D eigenvalue weighted by atomic mass is 9.70. The number of likely N-dealkylation sites (tertiary alicyclic amines) is 1. The van der Waals surface area contributed by atoms with Crippen molar-refractivity contribution in [2.24, 2.45) is 11.8 Å². The molecule has 8 heteroatoms. The highest BCUT2D eigenvalue weighted by Crippen LogP contribution is 2.66. The van der Waals surface area contributed by atoms with Crippen LogP contribution < -0.4 is 0 Å². The molecule has 3 aliphatic rings. The smallest absolute Gasteiger partial charge is 0.247 e. The predicted octanol–water partition coefficient (Wildman–Crippen LogP) is 4.67. The Morgan fingerprint density at radius 3 is 2.05 bits per heavy atom. The summed E-state index contributed by atoms with van der Waals surface area (Å²) < 4.78 is -0.640. The van der Waals surface area contributed by atoms with E-state index in [1.54, 1.807) is 33.7 Å². The van der Waals surface area contributed by atoms with Crippen LogP contribution in [0.3, 0.4) is 0 Å². The molecule has 43 heavy (non-hydrogen) atoms. The minimum atomic E-state index is -0.641. The number of carbonyl (C=O) groups excluding carboxylic acids is 3. The number of benzene rings is 2. The number of amides is 3. The first-order valence-electron chi connectivity index (χ1n) is 15.4. The number of aliphatic hydroxyl groups excluding tert-OH is 1. The van der Waals surface area contributed by atoms with E-state index in [-0.39, 0.29) is 29.6 Å². The molecule has 3 aliphatic heterocycles. The second-order valence-electron chi connectivity index (χ2n) is 11.9. The SMILES string of the molecule is C=CCN(Cc1ccccc1)C(=O)C1N(CCCCCO)C(=O)[C@@H]2[C@H](C(=O)N(CC=C)Cc3ccccc3)[C@@H]3CCC12S3. The van der Waals surface area contributed by atoms with E-state index in [1.165, 1.54) is 0 Å². The first-order chi connectivity index (χ1) is 20.9. The van der Waals surface area contributed by atoms with Gasteiger partial charge in [0.05, 0.1) is 16.6 Å². The van der Waals surface area contributed by atoms with Crippen molar-refractivity contribution in [1.29, 1.82) is 0 Å². The van der Waals surface area contributed by atoms with Crippen LogP contribution in [0.5, 0.6) is 0 Å². The molecule has 5 rings (SSSR count). The molecule has 0 saturated carbocycles. The topological polar surface area (TPSA) is 81.2 Å². The van der Waals surface area contributed by atoms with Crippen LogP contribution in [-0.4, -0.2) is 79.8 Å². The molecule has 2 aromatic carbocycles. The van der Waals surface area contributed by atoms with Crippen LogP contribution in [0.2, 0.25) is 0 Å².